The Kier molecular flexibility index (Phi) is 3.39. The Bertz CT molecular complexity index is 442. The van der Waals surface area contributed by atoms with Crippen molar-refractivity contribution in [3.63, 3.8) is 0 Å². The van der Waals surface area contributed by atoms with Gasteiger partial charge in [-0.05, 0) is 42.1 Å². The van der Waals surface area contributed by atoms with Gasteiger partial charge in [0, 0.05) is 6.54 Å². The minimum Gasteiger partial charge on any atom is -0.373 e. The van der Waals surface area contributed by atoms with E-state index >= 15 is 0 Å². The molecule has 2 N–H and O–H groups in total. The van der Waals surface area contributed by atoms with Crippen molar-refractivity contribution in [3.8, 4) is 0 Å². The second kappa shape index (κ2) is 5.01. The maximum Gasteiger partial charge on any atom is 0.146 e. The number of ether oxygens (including phenoxy) is 1. The average molecular weight is 313 g/mol. The lowest BCUT2D eigenvalue weighted by molar-refractivity contribution is 0.102. The zero-order valence-corrected chi connectivity index (χ0v) is 11.9. The normalized spacial score (nSPS) is 29.6. The van der Waals surface area contributed by atoms with Crippen molar-refractivity contribution in [2.75, 3.05) is 17.2 Å². The highest BCUT2D eigenvalue weighted by atomic mass is 79.9. The van der Waals surface area contributed by atoms with Crippen LogP contribution < -0.4 is 10.6 Å². The van der Waals surface area contributed by atoms with Gasteiger partial charge in [0.1, 0.15) is 22.4 Å². The first kappa shape index (κ1) is 12.2. The van der Waals surface area contributed by atoms with Gasteiger partial charge in [-0.1, -0.05) is 0 Å². The number of nitrogens with zero attached hydrogens (tertiary/aromatic N) is 2. The molecule has 6 heteroatoms. The molecule has 3 heterocycles. The molecular formula is C12H17BrN4O. The lowest BCUT2D eigenvalue weighted by atomic mass is 9.95. The van der Waals surface area contributed by atoms with Gasteiger partial charge in [-0.2, -0.15) is 0 Å². The van der Waals surface area contributed by atoms with E-state index in [0.717, 1.165) is 35.5 Å². The van der Waals surface area contributed by atoms with E-state index in [2.05, 4.69) is 36.5 Å². The number of hydrogen-bond donors (Lipinski definition) is 2. The quantitative estimate of drug-likeness (QED) is 0.894. The molecule has 18 heavy (non-hydrogen) atoms. The molecule has 3 rings (SSSR count). The molecule has 0 saturated carbocycles. The van der Waals surface area contributed by atoms with Crippen LogP contribution in [0, 0.1) is 0 Å². The van der Waals surface area contributed by atoms with Gasteiger partial charge in [-0.15, -0.1) is 0 Å². The molecule has 5 nitrogen and oxygen atoms in total. The number of nitrogens with one attached hydrogen (secondary N) is 2. The summed E-state index contributed by atoms with van der Waals surface area (Å²) in [7, 11) is 0. The Morgan fingerprint density at radius 3 is 2.89 bits per heavy atom. The van der Waals surface area contributed by atoms with Gasteiger partial charge in [-0.3, -0.25) is 0 Å². The second-order valence-corrected chi connectivity index (χ2v) is 5.57. The average Bonchev–Trinajstić information content (AvgIpc) is 2.96. The predicted molar refractivity (Wildman–Crippen MR) is 73.8 cm³/mol. The molecule has 2 aliphatic rings. The van der Waals surface area contributed by atoms with Gasteiger partial charge in [0.15, 0.2) is 0 Å². The molecule has 0 aromatic carbocycles. The van der Waals surface area contributed by atoms with Crippen LogP contribution in [0.5, 0.6) is 0 Å². The fraction of sp³-hybridized carbons (Fsp3) is 0.667. The van der Waals surface area contributed by atoms with Crippen molar-refractivity contribution < 1.29 is 4.74 Å². The molecule has 0 amide bonds. The monoisotopic (exact) mass is 312 g/mol. The smallest absolute Gasteiger partial charge is 0.146 e. The molecule has 0 spiro atoms. The third-order valence-electron chi connectivity index (χ3n) is 3.56. The number of anilines is 2. The van der Waals surface area contributed by atoms with E-state index in [9.17, 15) is 0 Å². The largest absolute Gasteiger partial charge is 0.373 e. The van der Waals surface area contributed by atoms with Crippen LogP contribution in [0.25, 0.3) is 0 Å². The van der Waals surface area contributed by atoms with Crippen molar-refractivity contribution in [2.45, 2.75) is 44.4 Å². The van der Waals surface area contributed by atoms with Crippen molar-refractivity contribution in [1.82, 2.24) is 9.97 Å². The third kappa shape index (κ3) is 2.19. The molecule has 3 unspecified atom stereocenters. The van der Waals surface area contributed by atoms with Crippen LogP contribution in [-0.4, -0.2) is 34.8 Å². The zero-order valence-electron chi connectivity index (χ0n) is 10.3. The summed E-state index contributed by atoms with van der Waals surface area (Å²) in [6, 6.07) is 0.379. The Hall–Kier alpha value is -0.880. The van der Waals surface area contributed by atoms with Crippen molar-refractivity contribution in [1.29, 1.82) is 0 Å². The Balaban J connectivity index is 1.74. The highest BCUT2D eigenvalue weighted by Crippen LogP contribution is 2.37. The number of hydrogen-bond acceptors (Lipinski definition) is 5. The lowest BCUT2D eigenvalue weighted by Gasteiger charge is -2.21. The Morgan fingerprint density at radius 1 is 1.39 bits per heavy atom. The van der Waals surface area contributed by atoms with E-state index in [-0.39, 0.29) is 0 Å². The van der Waals surface area contributed by atoms with Gasteiger partial charge in [-0.25, -0.2) is 9.97 Å². The summed E-state index contributed by atoms with van der Waals surface area (Å²) < 4.78 is 6.74. The third-order valence-corrected chi connectivity index (χ3v) is 4.31. The van der Waals surface area contributed by atoms with Gasteiger partial charge < -0.3 is 15.4 Å². The number of aromatic nitrogens is 2. The van der Waals surface area contributed by atoms with Crippen LogP contribution in [0.2, 0.25) is 0 Å². The van der Waals surface area contributed by atoms with E-state index in [1.54, 1.807) is 6.33 Å². The number of rotatable bonds is 4. The summed E-state index contributed by atoms with van der Waals surface area (Å²) in [4.78, 5) is 8.51. The summed E-state index contributed by atoms with van der Waals surface area (Å²) in [5.74, 6) is 1.68. The maximum absolute atomic E-state index is 5.84. The van der Waals surface area contributed by atoms with Crippen molar-refractivity contribution in [2.24, 2.45) is 0 Å². The number of halogens is 1. The minimum absolute atomic E-state index is 0.347. The first-order valence-corrected chi connectivity index (χ1v) is 7.23. The van der Waals surface area contributed by atoms with Gasteiger partial charge >= 0.3 is 0 Å². The lowest BCUT2D eigenvalue weighted by Crippen LogP contribution is -2.31. The van der Waals surface area contributed by atoms with Crippen LogP contribution in [0.4, 0.5) is 11.6 Å². The first-order valence-electron chi connectivity index (χ1n) is 6.44. The zero-order chi connectivity index (χ0) is 12.5. The molecule has 3 atom stereocenters. The summed E-state index contributed by atoms with van der Waals surface area (Å²) in [5, 5.41) is 6.68. The molecule has 98 valence electrons. The highest BCUT2D eigenvalue weighted by Gasteiger charge is 2.41. The van der Waals surface area contributed by atoms with Gasteiger partial charge in [0.2, 0.25) is 0 Å². The number of fused-ring (bicyclic) bond motifs is 2. The first-order chi connectivity index (χ1) is 8.78. The standard InChI is InChI=1S/C12H17BrN4O/c1-2-14-11-10(13)12(16-6-15-11)17-8-5-7-3-4-9(8)18-7/h6-9H,2-5H2,1H3,(H2,14,15,16,17). The highest BCUT2D eigenvalue weighted by molar-refractivity contribution is 9.10. The van der Waals surface area contributed by atoms with Crippen molar-refractivity contribution in [3.05, 3.63) is 10.8 Å². The molecule has 2 bridgehead atoms. The fourth-order valence-corrected chi connectivity index (χ4v) is 3.19. The van der Waals surface area contributed by atoms with Crippen molar-refractivity contribution >= 4 is 27.6 Å². The van der Waals surface area contributed by atoms with Crippen LogP contribution in [0.15, 0.2) is 10.8 Å². The topological polar surface area (TPSA) is 59.1 Å². The fourth-order valence-electron chi connectivity index (χ4n) is 2.73. The molecular weight excluding hydrogens is 296 g/mol. The van der Waals surface area contributed by atoms with E-state index in [4.69, 9.17) is 4.74 Å². The van der Waals surface area contributed by atoms with Crippen LogP contribution in [0.3, 0.4) is 0 Å². The summed E-state index contributed by atoms with van der Waals surface area (Å²) >= 11 is 3.55. The summed E-state index contributed by atoms with van der Waals surface area (Å²) in [6.07, 6.45) is 5.82. The molecule has 2 saturated heterocycles. The minimum atomic E-state index is 0.347. The Morgan fingerprint density at radius 2 is 2.22 bits per heavy atom. The van der Waals surface area contributed by atoms with Crippen LogP contribution >= 0.6 is 15.9 Å². The maximum atomic E-state index is 5.84. The predicted octanol–water partition coefficient (Wildman–Crippen LogP) is 2.40. The van der Waals surface area contributed by atoms with E-state index in [1.165, 1.54) is 6.42 Å². The Labute approximate surface area is 115 Å². The molecule has 2 aliphatic heterocycles. The molecule has 0 aliphatic carbocycles. The second-order valence-electron chi connectivity index (χ2n) is 4.78. The van der Waals surface area contributed by atoms with Crippen LogP contribution in [-0.2, 0) is 4.74 Å². The summed E-state index contributed by atoms with van der Waals surface area (Å²) in [6.45, 7) is 2.89. The van der Waals surface area contributed by atoms with Gasteiger partial charge in [0.05, 0.1) is 18.2 Å². The SMILES string of the molecule is CCNc1ncnc(NC2CC3CCC2O3)c1Br. The van der Waals surface area contributed by atoms with Crippen LogP contribution in [0.1, 0.15) is 26.2 Å². The van der Waals surface area contributed by atoms with E-state index in [1.807, 2.05) is 6.92 Å². The molecule has 2 fully saturated rings. The van der Waals surface area contributed by atoms with E-state index in [0.29, 0.717) is 18.2 Å². The molecule has 0 radical (unpaired) electrons. The molecule has 1 aromatic heterocycles. The van der Waals surface area contributed by atoms with E-state index < -0.39 is 0 Å². The summed E-state index contributed by atoms with van der Waals surface area (Å²) in [5.41, 5.74) is 0. The molecule has 1 aromatic rings. The van der Waals surface area contributed by atoms with Gasteiger partial charge in [0.25, 0.3) is 0 Å².